The normalized spacial score (nSPS) is 24.2. The number of amides is 2. The Bertz CT molecular complexity index is 1360. The van der Waals surface area contributed by atoms with E-state index >= 15 is 0 Å². The number of thioether (sulfide) groups is 1. The van der Waals surface area contributed by atoms with Crippen LogP contribution in [0.3, 0.4) is 0 Å². The minimum Gasteiger partial charge on any atom is -0.353 e. The van der Waals surface area contributed by atoms with Crippen molar-refractivity contribution in [1.82, 2.24) is 14.8 Å². The molecule has 8 heteroatoms. The third-order valence-electron chi connectivity index (χ3n) is 8.18. The Hall–Kier alpha value is -3.65. The molecule has 0 bridgehead atoms. The smallest absolute Gasteiger partial charge is 0.260 e. The lowest BCUT2D eigenvalue weighted by molar-refractivity contribution is -0.140. The van der Waals surface area contributed by atoms with Gasteiger partial charge in [-0.1, -0.05) is 48.5 Å². The summed E-state index contributed by atoms with van der Waals surface area (Å²) in [5, 5.41) is 0.221. The van der Waals surface area contributed by atoms with E-state index in [1.54, 1.807) is 30.1 Å². The number of nitrogens with zero attached hydrogens (tertiary/aromatic N) is 4. The SMILES string of the molecule is O=C(C1CCC2S/C(=C\c3ccccc3)C(=O)N(Cc3ccc(F)cc3)C2C1)N1CCN(c2ccccn2)CC1. The Morgan fingerprint density at radius 2 is 1.70 bits per heavy atom. The van der Waals surface area contributed by atoms with Crippen LogP contribution >= 0.6 is 11.8 Å². The van der Waals surface area contributed by atoms with Gasteiger partial charge in [0, 0.05) is 56.1 Å². The molecule has 0 spiro atoms. The van der Waals surface area contributed by atoms with E-state index in [-0.39, 0.29) is 34.8 Å². The Balaban J connectivity index is 1.18. The second-order valence-electron chi connectivity index (χ2n) is 10.7. The Morgan fingerprint density at radius 3 is 2.42 bits per heavy atom. The standard InChI is InChI=1S/C32H33FN4O2S/c33-26-12-9-24(10-13-26)22-37-27-21-25(31(38)36-18-16-35(17-19-36)30-8-4-5-15-34-30)11-14-28(27)40-29(32(37)39)20-23-6-2-1-3-7-23/h1-10,12-13,15,20,25,27-28H,11,14,16-19,21-22H2/b29-20-. The average molecular weight is 557 g/mol. The zero-order chi connectivity index (χ0) is 27.5. The number of rotatable bonds is 5. The van der Waals surface area contributed by atoms with Crippen molar-refractivity contribution in [2.24, 2.45) is 5.92 Å². The summed E-state index contributed by atoms with van der Waals surface area (Å²) < 4.78 is 13.6. The van der Waals surface area contributed by atoms with Crippen molar-refractivity contribution in [1.29, 1.82) is 0 Å². The van der Waals surface area contributed by atoms with Crippen LogP contribution < -0.4 is 4.90 Å². The van der Waals surface area contributed by atoms with Crippen molar-refractivity contribution in [3.05, 3.63) is 101 Å². The molecular weight excluding hydrogens is 523 g/mol. The molecule has 2 amide bonds. The van der Waals surface area contributed by atoms with E-state index < -0.39 is 0 Å². The fraction of sp³-hybridized carbons (Fsp3) is 0.344. The number of aromatic nitrogens is 1. The minimum atomic E-state index is -0.293. The predicted molar refractivity (Wildman–Crippen MR) is 157 cm³/mol. The molecule has 2 aromatic carbocycles. The molecule has 0 radical (unpaired) electrons. The summed E-state index contributed by atoms with van der Waals surface area (Å²) in [7, 11) is 0. The number of piperazine rings is 1. The van der Waals surface area contributed by atoms with Gasteiger partial charge in [-0.25, -0.2) is 9.37 Å². The molecule has 6 nitrogen and oxygen atoms in total. The van der Waals surface area contributed by atoms with Gasteiger partial charge in [0.2, 0.25) is 5.91 Å². The van der Waals surface area contributed by atoms with Gasteiger partial charge in [0.1, 0.15) is 11.6 Å². The van der Waals surface area contributed by atoms with Crippen molar-refractivity contribution in [2.45, 2.75) is 37.1 Å². The first-order chi connectivity index (χ1) is 19.5. The van der Waals surface area contributed by atoms with Crippen molar-refractivity contribution in [2.75, 3.05) is 31.1 Å². The Morgan fingerprint density at radius 1 is 0.950 bits per heavy atom. The summed E-state index contributed by atoms with van der Waals surface area (Å²) in [5.74, 6) is 0.730. The fourth-order valence-corrected chi connectivity index (χ4v) is 7.46. The highest BCUT2D eigenvalue weighted by atomic mass is 32.2. The number of carbonyl (C=O) groups excluding carboxylic acids is 2. The zero-order valence-electron chi connectivity index (χ0n) is 22.4. The van der Waals surface area contributed by atoms with Crippen LogP contribution in [0.4, 0.5) is 10.2 Å². The molecule has 3 atom stereocenters. The third kappa shape index (κ3) is 5.77. The minimum absolute atomic E-state index is 0.0171. The highest BCUT2D eigenvalue weighted by Gasteiger charge is 2.45. The Kier molecular flexibility index (Phi) is 7.86. The monoisotopic (exact) mass is 556 g/mol. The lowest BCUT2D eigenvalue weighted by Crippen LogP contribution is -2.55. The van der Waals surface area contributed by atoms with E-state index in [4.69, 9.17) is 0 Å². The molecule has 3 aromatic rings. The molecule has 6 rings (SSSR count). The first kappa shape index (κ1) is 26.6. The van der Waals surface area contributed by atoms with Gasteiger partial charge in [0.15, 0.2) is 0 Å². The van der Waals surface area contributed by atoms with Crippen molar-refractivity contribution in [3.63, 3.8) is 0 Å². The molecular formula is C32H33FN4O2S. The topological polar surface area (TPSA) is 56.8 Å². The molecule has 3 unspecified atom stereocenters. The van der Waals surface area contributed by atoms with Crippen LogP contribution in [0.5, 0.6) is 0 Å². The molecule has 1 aliphatic carbocycles. The molecule has 3 aliphatic rings. The number of halogens is 1. The molecule has 1 aromatic heterocycles. The van der Waals surface area contributed by atoms with Crippen LogP contribution in [-0.2, 0) is 16.1 Å². The van der Waals surface area contributed by atoms with Gasteiger partial charge in [-0.05, 0) is 60.7 Å². The van der Waals surface area contributed by atoms with Crippen LogP contribution in [0, 0.1) is 11.7 Å². The van der Waals surface area contributed by atoms with Gasteiger partial charge in [-0.15, -0.1) is 11.8 Å². The molecule has 2 aliphatic heterocycles. The van der Waals surface area contributed by atoms with Gasteiger partial charge >= 0.3 is 0 Å². The molecule has 0 N–H and O–H groups in total. The highest BCUT2D eigenvalue weighted by Crippen LogP contribution is 2.44. The van der Waals surface area contributed by atoms with Crippen LogP contribution in [0.2, 0.25) is 0 Å². The Labute approximate surface area is 238 Å². The van der Waals surface area contributed by atoms with Crippen molar-refractivity contribution in [3.8, 4) is 0 Å². The first-order valence-electron chi connectivity index (χ1n) is 14.0. The van der Waals surface area contributed by atoms with E-state index in [9.17, 15) is 14.0 Å². The molecule has 2 saturated heterocycles. The quantitative estimate of drug-likeness (QED) is 0.403. The summed E-state index contributed by atoms with van der Waals surface area (Å²) in [4.78, 5) is 38.9. The molecule has 40 heavy (non-hydrogen) atoms. The third-order valence-corrected chi connectivity index (χ3v) is 9.58. The maximum atomic E-state index is 13.9. The van der Waals surface area contributed by atoms with Gasteiger partial charge in [0.25, 0.3) is 5.91 Å². The van der Waals surface area contributed by atoms with Crippen LogP contribution in [0.25, 0.3) is 6.08 Å². The largest absolute Gasteiger partial charge is 0.353 e. The van der Waals surface area contributed by atoms with E-state index in [0.717, 1.165) is 47.8 Å². The van der Waals surface area contributed by atoms with Gasteiger partial charge in [0.05, 0.1) is 4.91 Å². The van der Waals surface area contributed by atoms with Gasteiger partial charge in [-0.3, -0.25) is 9.59 Å². The van der Waals surface area contributed by atoms with E-state index in [2.05, 4.69) is 9.88 Å². The second-order valence-corrected chi connectivity index (χ2v) is 12.0. The van der Waals surface area contributed by atoms with E-state index in [0.29, 0.717) is 26.1 Å². The number of fused-ring (bicyclic) bond motifs is 1. The number of carbonyl (C=O) groups is 2. The molecule has 206 valence electrons. The summed E-state index contributed by atoms with van der Waals surface area (Å²) >= 11 is 1.65. The van der Waals surface area contributed by atoms with Crippen molar-refractivity contribution < 1.29 is 14.0 Å². The molecule has 1 saturated carbocycles. The summed E-state index contributed by atoms with van der Waals surface area (Å²) in [6, 6.07) is 22.1. The highest BCUT2D eigenvalue weighted by molar-refractivity contribution is 8.04. The number of anilines is 1. The number of pyridine rings is 1. The lowest BCUT2D eigenvalue weighted by atomic mass is 9.83. The average Bonchev–Trinajstić information content (AvgIpc) is 3.01. The van der Waals surface area contributed by atoms with Gasteiger partial charge in [-0.2, -0.15) is 0 Å². The zero-order valence-corrected chi connectivity index (χ0v) is 23.2. The summed E-state index contributed by atoms with van der Waals surface area (Å²) in [6.45, 7) is 3.28. The summed E-state index contributed by atoms with van der Waals surface area (Å²) in [6.07, 6.45) is 6.12. The molecule has 3 heterocycles. The number of benzene rings is 2. The lowest BCUT2D eigenvalue weighted by Gasteiger charge is -2.47. The predicted octanol–water partition coefficient (Wildman–Crippen LogP) is 5.22. The second kappa shape index (κ2) is 11.8. The van der Waals surface area contributed by atoms with Crippen LogP contribution in [0.1, 0.15) is 30.4 Å². The van der Waals surface area contributed by atoms with E-state index in [1.807, 2.05) is 64.4 Å². The first-order valence-corrected chi connectivity index (χ1v) is 14.9. The van der Waals surface area contributed by atoms with Crippen LogP contribution in [0.15, 0.2) is 83.9 Å². The van der Waals surface area contributed by atoms with Gasteiger partial charge < -0.3 is 14.7 Å². The number of hydrogen-bond acceptors (Lipinski definition) is 5. The number of hydrogen-bond donors (Lipinski definition) is 0. The summed E-state index contributed by atoms with van der Waals surface area (Å²) in [5.41, 5.74) is 1.88. The van der Waals surface area contributed by atoms with Crippen LogP contribution in [-0.4, -0.2) is 64.1 Å². The molecule has 3 fully saturated rings. The van der Waals surface area contributed by atoms with E-state index in [1.165, 1.54) is 12.1 Å². The fourth-order valence-electron chi connectivity index (χ4n) is 6.04. The van der Waals surface area contributed by atoms with Crippen molar-refractivity contribution >= 4 is 35.5 Å². The maximum absolute atomic E-state index is 13.9. The maximum Gasteiger partial charge on any atom is 0.260 e.